The summed E-state index contributed by atoms with van der Waals surface area (Å²) in [5, 5.41) is 14.1. The van der Waals surface area contributed by atoms with E-state index in [4.69, 9.17) is 11.0 Å². The first-order valence-electron chi connectivity index (χ1n) is 6.34. The van der Waals surface area contributed by atoms with Gasteiger partial charge in [0.1, 0.15) is 11.1 Å². The second-order valence-corrected chi connectivity index (χ2v) is 6.03. The summed E-state index contributed by atoms with van der Waals surface area (Å²) in [4.78, 5) is 14.0. The number of piperidine rings is 1. The Morgan fingerprint density at radius 2 is 2.47 bits per heavy atom. The fraction of sp³-hybridized carbons (Fsp3) is 0.538. The Bertz CT molecular complexity index is 483. The van der Waals surface area contributed by atoms with Crippen LogP contribution in [0.15, 0.2) is 11.4 Å². The van der Waals surface area contributed by atoms with Gasteiger partial charge in [-0.25, -0.2) is 0 Å². The van der Waals surface area contributed by atoms with E-state index in [2.05, 4.69) is 23.2 Å². The fourth-order valence-corrected chi connectivity index (χ4v) is 3.26. The van der Waals surface area contributed by atoms with Crippen LogP contribution >= 0.6 is 11.3 Å². The number of hydrogen-bond donors (Lipinski definition) is 2. The highest BCUT2D eigenvalue weighted by molar-refractivity contribution is 7.14. The van der Waals surface area contributed by atoms with Crippen LogP contribution in [0.4, 0.5) is 5.00 Å². The molecule has 1 aliphatic rings. The molecule has 0 saturated carbocycles. The largest absolute Gasteiger partial charge is 0.327 e. The van der Waals surface area contributed by atoms with Crippen molar-refractivity contribution < 1.29 is 4.79 Å². The van der Waals surface area contributed by atoms with Crippen molar-refractivity contribution in [3.05, 3.63) is 17.0 Å². The standard InChI is InChI=1S/C13H18N4OS/c1-9-4-11(15)7-17(6-9)8-12(18)16-13-10(5-14)2-3-19-13/h2-3,9,11H,4,6-8,15H2,1H3,(H,16,18). The lowest BCUT2D eigenvalue weighted by Crippen LogP contribution is -2.48. The van der Waals surface area contributed by atoms with Gasteiger partial charge in [-0.1, -0.05) is 6.92 Å². The summed E-state index contributed by atoms with van der Waals surface area (Å²) in [5.41, 5.74) is 6.47. The second-order valence-electron chi connectivity index (χ2n) is 5.12. The van der Waals surface area contributed by atoms with E-state index in [-0.39, 0.29) is 11.9 Å². The van der Waals surface area contributed by atoms with E-state index >= 15 is 0 Å². The average molecular weight is 278 g/mol. The van der Waals surface area contributed by atoms with Gasteiger partial charge in [0.25, 0.3) is 0 Å². The number of carbonyl (C=O) groups is 1. The summed E-state index contributed by atoms with van der Waals surface area (Å²) in [6.45, 7) is 4.14. The van der Waals surface area contributed by atoms with Crippen molar-refractivity contribution in [2.24, 2.45) is 11.7 Å². The van der Waals surface area contributed by atoms with E-state index in [9.17, 15) is 4.79 Å². The van der Waals surface area contributed by atoms with Crippen LogP contribution in [-0.4, -0.2) is 36.5 Å². The van der Waals surface area contributed by atoms with Gasteiger partial charge in [-0.3, -0.25) is 9.69 Å². The molecule has 1 aliphatic heterocycles. The molecule has 2 heterocycles. The van der Waals surface area contributed by atoms with Crippen LogP contribution in [-0.2, 0) is 4.79 Å². The van der Waals surface area contributed by atoms with Crippen molar-refractivity contribution in [3.63, 3.8) is 0 Å². The molecular formula is C13H18N4OS. The Morgan fingerprint density at radius 1 is 1.68 bits per heavy atom. The first-order chi connectivity index (χ1) is 9.08. The minimum Gasteiger partial charge on any atom is -0.327 e. The third-order valence-electron chi connectivity index (χ3n) is 3.17. The van der Waals surface area contributed by atoms with Gasteiger partial charge in [-0.05, 0) is 23.8 Å². The molecule has 3 N–H and O–H groups in total. The SMILES string of the molecule is CC1CC(N)CN(CC(=O)Nc2sccc2C#N)C1. The maximum Gasteiger partial charge on any atom is 0.239 e. The van der Waals surface area contributed by atoms with Crippen molar-refractivity contribution >= 4 is 22.2 Å². The average Bonchev–Trinajstić information content (AvgIpc) is 2.74. The number of nitrogens with two attached hydrogens (primary N) is 1. The number of anilines is 1. The number of nitriles is 1. The van der Waals surface area contributed by atoms with E-state index in [1.807, 2.05) is 0 Å². The van der Waals surface area contributed by atoms with Crippen molar-refractivity contribution in [2.45, 2.75) is 19.4 Å². The number of thiophene rings is 1. The third kappa shape index (κ3) is 3.77. The zero-order valence-electron chi connectivity index (χ0n) is 10.9. The van der Waals surface area contributed by atoms with Gasteiger partial charge in [-0.15, -0.1) is 11.3 Å². The predicted octanol–water partition coefficient (Wildman–Crippen LogP) is 1.23. The second kappa shape index (κ2) is 6.15. The molecule has 0 aliphatic carbocycles. The number of nitrogens with one attached hydrogen (secondary N) is 1. The van der Waals surface area contributed by atoms with Gasteiger partial charge in [-0.2, -0.15) is 5.26 Å². The zero-order chi connectivity index (χ0) is 13.8. The molecule has 2 unspecified atom stereocenters. The van der Waals surface area contributed by atoms with Crippen LogP contribution < -0.4 is 11.1 Å². The summed E-state index contributed by atoms with van der Waals surface area (Å²) >= 11 is 1.37. The van der Waals surface area contributed by atoms with Gasteiger partial charge in [0.2, 0.25) is 5.91 Å². The lowest BCUT2D eigenvalue weighted by Gasteiger charge is -2.34. The summed E-state index contributed by atoms with van der Waals surface area (Å²) in [6, 6.07) is 3.91. The molecule has 0 spiro atoms. The summed E-state index contributed by atoms with van der Waals surface area (Å²) in [6.07, 6.45) is 1.02. The monoisotopic (exact) mass is 278 g/mol. The number of carbonyl (C=O) groups excluding carboxylic acids is 1. The first kappa shape index (κ1) is 14.0. The minimum absolute atomic E-state index is 0.0831. The lowest BCUT2D eigenvalue weighted by atomic mass is 9.97. The topological polar surface area (TPSA) is 82.2 Å². The molecule has 0 aromatic carbocycles. The van der Waals surface area contributed by atoms with E-state index in [1.165, 1.54) is 11.3 Å². The van der Waals surface area contributed by atoms with E-state index in [1.54, 1.807) is 11.4 Å². The summed E-state index contributed by atoms with van der Waals surface area (Å²) in [7, 11) is 0. The van der Waals surface area contributed by atoms with Crippen LogP contribution in [0.2, 0.25) is 0 Å². The molecular weight excluding hydrogens is 260 g/mol. The third-order valence-corrected chi connectivity index (χ3v) is 4.00. The molecule has 2 atom stereocenters. The van der Waals surface area contributed by atoms with Crippen LogP contribution in [0.5, 0.6) is 0 Å². The Labute approximate surface area is 117 Å². The molecule has 1 amide bonds. The highest BCUT2D eigenvalue weighted by Crippen LogP contribution is 2.22. The molecule has 0 bridgehead atoms. The number of hydrogen-bond acceptors (Lipinski definition) is 5. The van der Waals surface area contributed by atoms with Crippen molar-refractivity contribution in [3.8, 4) is 6.07 Å². The van der Waals surface area contributed by atoms with Crippen molar-refractivity contribution in [1.82, 2.24) is 4.90 Å². The van der Waals surface area contributed by atoms with E-state index in [0.717, 1.165) is 19.5 Å². The van der Waals surface area contributed by atoms with Crippen LogP contribution in [0.3, 0.4) is 0 Å². The maximum absolute atomic E-state index is 12.0. The molecule has 1 aromatic heterocycles. The zero-order valence-corrected chi connectivity index (χ0v) is 11.7. The van der Waals surface area contributed by atoms with Gasteiger partial charge >= 0.3 is 0 Å². The smallest absolute Gasteiger partial charge is 0.239 e. The minimum atomic E-state index is -0.0831. The Hall–Kier alpha value is -1.42. The highest BCUT2D eigenvalue weighted by Gasteiger charge is 2.23. The Kier molecular flexibility index (Phi) is 4.53. The normalized spacial score (nSPS) is 23.8. The fourth-order valence-electron chi connectivity index (χ4n) is 2.51. The van der Waals surface area contributed by atoms with Gasteiger partial charge in [0.15, 0.2) is 0 Å². The Morgan fingerprint density at radius 3 is 3.16 bits per heavy atom. The van der Waals surface area contributed by atoms with Gasteiger partial charge in [0, 0.05) is 19.1 Å². The molecule has 1 aromatic rings. The Balaban J connectivity index is 1.89. The summed E-state index contributed by atoms with van der Waals surface area (Å²) in [5.74, 6) is 0.438. The molecule has 1 saturated heterocycles. The number of rotatable bonds is 3. The van der Waals surface area contributed by atoms with Crippen LogP contribution in [0, 0.1) is 17.2 Å². The predicted molar refractivity (Wildman–Crippen MR) is 75.9 cm³/mol. The molecule has 2 rings (SSSR count). The molecule has 0 radical (unpaired) electrons. The van der Waals surface area contributed by atoms with Gasteiger partial charge < -0.3 is 11.1 Å². The number of amides is 1. The molecule has 1 fully saturated rings. The quantitative estimate of drug-likeness (QED) is 0.871. The molecule has 5 nitrogen and oxygen atoms in total. The summed E-state index contributed by atoms with van der Waals surface area (Å²) < 4.78 is 0. The first-order valence-corrected chi connectivity index (χ1v) is 7.22. The van der Waals surface area contributed by atoms with Crippen LogP contribution in [0.25, 0.3) is 0 Å². The lowest BCUT2D eigenvalue weighted by molar-refractivity contribution is -0.117. The number of likely N-dealkylation sites (tertiary alicyclic amines) is 1. The van der Waals surface area contributed by atoms with Crippen molar-refractivity contribution in [2.75, 3.05) is 25.0 Å². The van der Waals surface area contributed by atoms with Crippen molar-refractivity contribution in [1.29, 1.82) is 5.26 Å². The van der Waals surface area contributed by atoms with E-state index < -0.39 is 0 Å². The maximum atomic E-state index is 12.0. The molecule has 6 heteroatoms. The molecule has 102 valence electrons. The van der Waals surface area contributed by atoms with Gasteiger partial charge in [0.05, 0.1) is 12.1 Å². The van der Waals surface area contributed by atoms with E-state index in [0.29, 0.717) is 23.0 Å². The molecule has 19 heavy (non-hydrogen) atoms. The van der Waals surface area contributed by atoms with Crippen LogP contribution in [0.1, 0.15) is 18.9 Å². The highest BCUT2D eigenvalue weighted by atomic mass is 32.1. The number of nitrogens with zero attached hydrogens (tertiary/aromatic N) is 2.